The van der Waals surface area contributed by atoms with Gasteiger partial charge in [0.25, 0.3) is 5.91 Å². The van der Waals surface area contributed by atoms with Crippen LogP contribution in [0.5, 0.6) is 0 Å². The standard InChI is InChI=1S/C23H22N4O6S2/c1-16-4-8-20(9-5-16)35(32,33)26(15-17-3-2-12-25-14-17)21-13-22(28)27(23(21)29)18-6-10-19(11-7-18)34(24,30)31/h2-12,14,21H,13,15H2,1H3,(H2,24,30,31). The van der Waals surface area contributed by atoms with Crippen molar-refractivity contribution in [2.75, 3.05) is 4.90 Å². The number of imide groups is 1. The number of nitrogens with zero attached hydrogens (tertiary/aromatic N) is 3. The summed E-state index contributed by atoms with van der Waals surface area (Å²) < 4.78 is 51.3. The van der Waals surface area contributed by atoms with Gasteiger partial charge in [-0.05, 0) is 55.0 Å². The maximum absolute atomic E-state index is 13.6. The SMILES string of the molecule is Cc1ccc(S(=O)(=O)N(Cc2cccnc2)C2CC(=O)N(c3ccc(S(N)(=O)=O)cc3)C2=O)cc1. The van der Waals surface area contributed by atoms with E-state index in [1.54, 1.807) is 30.5 Å². The van der Waals surface area contributed by atoms with Gasteiger partial charge in [0.1, 0.15) is 6.04 Å². The first-order valence-electron chi connectivity index (χ1n) is 10.5. The van der Waals surface area contributed by atoms with Crippen LogP contribution >= 0.6 is 0 Å². The molecule has 1 aliphatic rings. The van der Waals surface area contributed by atoms with Crippen LogP contribution in [0.15, 0.2) is 82.8 Å². The van der Waals surface area contributed by atoms with Crippen LogP contribution in [0.3, 0.4) is 0 Å². The van der Waals surface area contributed by atoms with E-state index in [-0.39, 0.29) is 28.4 Å². The minimum atomic E-state index is -4.18. The molecular formula is C23H22N4O6S2. The number of rotatable bonds is 7. The van der Waals surface area contributed by atoms with Gasteiger partial charge in [0, 0.05) is 18.9 Å². The maximum atomic E-state index is 13.6. The first kappa shape index (κ1) is 24.7. The van der Waals surface area contributed by atoms with Crippen molar-refractivity contribution in [3.8, 4) is 0 Å². The minimum absolute atomic E-state index is 0.0109. The van der Waals surface area contributed by atoms with E-state index < -0.39 is 37.9 Å². The number of hydrogen-bond acceptors (Lipinski definition) is 7. The Balaban J connectivity index is 1.73. The van der Waals surface area contributed by atoms with Crippen LogP contribution in [-0.4, -0.2) is 44.0 Å². The molecule has 10 nitrogen and oxygen atoms in total. The van der Waals surface area contributed by atoms with Gasteiger partial charge in [-0.3, -0.25) is 14.6 Å². The van der Waals surface area contributed by atoms with Crippen molar-refractivity contribution in [3.05, 3.63) is 84.2 Å². The molecule has 0 aliphatic carbocycles. The molecule has 3 aromatic rings. The lowest BCUT2D eigenvalue weighted by atomic mass is 10.2. The number of benzene rings is 2. The number of aromatic nitrogens is 1. The van der Waals surface area contributed by atoms with Gasteiger partial charge in [0.2, 0.25) is 26.0 Å². The van der Waals surface area contributed by atoms with Crippen molar-refractivity contribution in [2.45, 2.75) is 35.7 Å². The summed E-state index contributed by atoms with van der Waals surface area (Å²) in [6.07, 6.45) is 2.66. The zero-order chi connectivity index (χ0) is 25.4. The average Bonchev–Trinajstić information content (AvgIpc) is 3.11. The molecule has 1 unspecified atom stereocenters. The first-order chi connectivity index (χ1) is 16.5. The minimum Gasteiger partial charge on any atom is -0.274 e. The summed E-state index contributed by atoms with van der Waals surface area (Å²) >= 11 is 0. The van der Waals surface area contributed by atoms with Gasteiger partial charge in [0.15, 0.2) is 0 Å². The van der Waals surface area contributed by atoms with Crippen LogP contribution in [0.2, 0.25) is 0 Å². The third-order valence-corrected chi connectivity index (χ3v) is 8.38. The molecule has 0 radical (unpaired) electrons. The molecule has 2 N–H and O–H groups in total. The normalized spacial score (nSPS) is 16.8. The monoisotopic (exact) mass is 514 g/mol. The second kappa shape index (κ2) is 9.30. The number of sulfonamides is 2. The number of carbonyl (C=O) groups is 2. The molecule has 1 saturated heterocycles. The highest BCUT2D eigenvalue weighted by atomic mass is 32.2. The Bertz CT molecular complexity index is 1470. The van der Waals surface area contributed by atoms with Crippen molar-refractivity contribution >= 4 is 37.5 Å². The molecule has 1 atom stereocenters. The van der Waals surface area contributed by atoms with Crippen molar-refractivity contribution in [1.29, 1.82) is 0 Å². The number of carbonyl (C=O) groups excluding carboxylic acids is 2. The highest BCUT2D eigenvalue weighted by Crippen LogP contribution is 2.31. The topological polar surface area (TPSA) is 148 Å². The van der Waals surface area contributed by atoms with Crippen molar-refractivity contribution in [1.82, 2.24) is 9.29 Å². The lowest BCUT2D eigenvalue weighted by Crippen LogP contribution is -2.45. The van der Waals surface area contributed by atoms with E-state index in [2.05, 4.69) is 4.98 Å². The molecule has 35 heavy (non-hydrogen) atoms. The molecule has 0 saturated carbocycles. The molecule has 4 rings (SSSR count). The Morgan fingerprint density at radius 2 is 1.60 bits per heavy atom. The summed E-state index contributed by atoms with van der Waals surface area (Å²) in [4.78, 5) is 31.0. The summed E-state index contributed by atoms with van der Waals surface area (Å²) in [5.74, 6) is -1.35. The van der Waals surface area contributed by atoms with Gasteiger partial charge in [-0.15, -0.1) is 0 Å². The van der Waals surface area contributed by atoms with Crippen LogP contribution in [0.1, 0.15) is 17.5 Å². The Morgan fingerprint density at radius 1 is 0.971 bits per heavy atom. The molecule has 1 aliphatic heterocycles. The lowest BCUT2D eigenvalue weighted by molar-refractivity contribution is -0.122. The molecule has 2 aromatic carbocycles. The Hall–Kier alpha value is -3.45. The highest BCUT2D eigenvalue weighted by Gasteiger charge is 2.47. The third-order valence-electron chi connectivity index (χ3n) is 5.58. The largest absolute Gasteiger partial charge is 0.274 e. The highest BCUT2D eigenvalue weighted by molar-refractivity contribution is 7.89. The first-order valence-corrected chi connectivity index (χ1v) is 13.4. The number of aryl methyl sites for hydroxylation is 1. The quantitative estimate of drug-likeness (QED) is 0.471. The van der Waals surface area contributed by atoms with Gasteiger partial charge in [-0.25, -0.2) is 26.9 Å². The number of anilines is 1. The third kappa shape index (κ3) is 5.00. The second-order valence-electron chi connectivity index (χ2n) is 8.05. The van der Waals surface area contributed by atoms with Crippen molar-refractivity contribution in [2.24, 2.45) is 5.14 Å². The average molecular weight is 515 g/mol. The summed E-state index contributed by atoms with van der Waals surface area (Å²) in [6, 6.07) is 13.1. The van der Waals surface area contributed by atoms with Crippen LogP contribution in [-0.2, 0) is 36.2 Å². The van der Waals surface area contributed by atoms with E-state index in [0.29, 0.717) is 5.56 Å². The molecular weight excluding hydrogens is 492 g/mol. The van der Waals surface area contributed by atoms with Crippen LogP contribution in [0, 0.1) is 6.92 Å². The summed E-state index contributed by atoms with van der Waals surface area (Å²) in [6.45, 7) is 1.65. The van der Waals surface area contributed by atoms with E-state index in [1.807, 2.05) is 6.92 Å². The smallest absolute Gasteiger partial charge is 0.252 e. The van der Waals surface area contributed by atoms with E-state index in [1.165, 1.54) is 42.6 Å². The van der Waals surface area contributed by atoms with Gasteiger partial charge in [0.05, 0.1) is 21.9 Å². The van der Waals surface area contributed by atoms with E-state index in [0.717, 1.165) is 14.8 Å². The van der Waals surface area contributed by atoms with E-state index in [4.69, 9.17) is 5.14 Å². The van der Waals surface area contributed by atoms with E-state index >= 15 is 0 Å². The van der Waals surface area contributed by atoms with Crippen LogP contribution < -0.4 is 10.0 Å². The lowest BCUT2D eigenvalue weighted by Gasteiger charge is -2.27. The second-order valence-corrected chi connectivity index (χ2v) is 11.5. The molecule has 1 fully saturated rings. The molecule has 2 heterocycles. The fraction of sp³-hybridized carbons (Fsp3) is 0.174. The predicted octanol–water partition coefficient (Wildman–Crippen LogP) is 1.56. The van der Waals surface area contributed by atoms with Crippen molar-refractivity contribution < 1.29 is 26.4 Å². The number of nitrogens with two attached hydrogens (primary N) is 1. The number of amides is 2. The van der Waals surface area contributed by atoms with Crippen molar-refractivity contribution in [3.63, 3.8) is 0 Å². The molecule has 0 bridgehead atoms. The fourth-order valence-electron chi connectivity index (χ4n) is 3.78. The Labute approximate surface area is 203 Å². The van der Waals surface area contributed by atoms with Gasteiger partial charge in [-0.2, -0.15) is 4.31 Å². The van der Waals surface area contributed by atoms with Crippen LogP contribution in [0.4, 0.5) is 5.69 Å². The maximum Gasteiger partial charge on any atom is 0.252 e. The number of pyridine rings is 1. The van der Waals surface area contributed by atoms with E-state index in [9.17, 15) is 26.4 Å². The Kier molecular flexibility index (Phi) is 6.56. The summed E-state index contributed by atoms with van der Waals surface area (Å²) in [7, 11) is -8.14. The predicted molar refractivity (Wildman–Crippen MR) is 127 cm³/mol. The fourth-order valence-corrected chi connectivity index (χ4v) is 5.86. The zero-order valence-corrected chi connectivity index (χ0v) is 20.2. The van der Waals surface area contributed by atoms with Gasteiger partial charge in [-0.1, -0.05) is 23.8 Å². The number of primary sulfonamides is 1. The van der Waals surface area contributed by atoms with Gasteiger partial charge < -0.3 is 0 Å². The summed E-state index contributed by atoms with van der Waals surface area (Å²) in [5, 5.41) is 5.11. The zero-order valence-electron chi connectivity index (χ0n) is 18.6. The molecule has 2 amide bonds. The summed E-state index contributed by atoms with van der Waals surface area (Å²) in [5.41, 5.74) is 1.52. The molecule has 0 spiro atoms. The molecule has 12 heteroatoms. The molecule has 182 valence electrons. The van der Waals surface area contributed by atoms with Gasteiger partial charge >= 0.3 is 0 Å². The van der Waals surface area contributed by atoms with Crippen LogP contribution in [0.25, 0.3) is 0 Å². The Morgan fingerprint density at radius 3 is 2.17 bits per heavy atom. The number of hydrogen-bond donors (Lipinski definition) is 1. The molecule has 1 aromatic heterocycles.